The highest BCUT2D eigenvalue weighted by Gasteiger charge is 2.16. The fraction of sp³-hybridized carbons (Fsp3) is 0.444. The minimum atomic E-state index is -3.43. The summed E-state index contributed by atoms with van der Waals surface area (Å²) < 4.78 is 27.1. The van der Waals surface area contributed by atoms with Crippen molar-refractivity contribution in [1.82, 2.24) is 14.7 Å². The highest BCUT2D eigenvalue weighted by Crippen LogP contribution is 2.18. The monoisotopic (exact) mass is 360 g/mol. The first-order valence-electron chi connectivity index (χ1n) is 8.63. The van der Waals surface area contributed by atoms with Gasteiger partial charge in [0.2, 0.25) is 10.0 Å². The molecule has 1 N–H and O–H groups in total. The molecule has 0 saturated carbocycles. The Kier molecular flexibility index (Phi) is 5.65. The second-order valence-electron chi connectivity index (χ2n) is 6.40. The number of piperidine rings is 1. The predicted octanol–water partition coefficient (Wildman–Crippen LogP) is 2.39. The molecule has 1 aromatic carbocycles. The Bertz CT molecular complexity index is 803. The zero-order valence-electron chi connectivity index (χ0n) is 14.5. The van der Waals surface area contributed by atoms with Crippen molar-refractivity contribution in [2.24, 2.45) is 0 Å². The Morgan fingerprint density at radius 1 is 1.08 bits per heavy atom. The molecule has 1 fully saturated rings. The molecular weight excluding hydrogens is 336 g/mol. The number of aryl methyl sites for hydroxylation is 1. The Labute approximate surface area is 149 Å². The van der Waals surface area contributed by atoms with Crippen molar-refractivity contribution in [2.75, 3.05) is 18.0 Å². The summed E-state index contributed by atoms with van der Waals surface area (Å²) in [5.41, 5.74) is 1.61. The second kappa shape index (κ2) is 7.93. The highest BCUT2D eigenvalue weighted by atomic mass is 32.2. The van der Waals surface area contributed by atoms with Crippen LogP contribution in [-0.4, -0.2) is 31.5 Å². The van der Waals surface area contributed by atoms with Gasteiger partial charge in [-0.2, -0.15) is 0 Å². The Hall–Kier alpha value is -1.99. The molecule has 0 amide bonds. The van der Waals surface area contributed by atoms with E-state index in [1.165, 1.54) is 19.3 Å². The molecule has 0 bridgehead atoms. The molecular formula is C18H24N4O2S. The fourth-order valence-corrected chi connectivity index (χ4v) is 4.08. The summed E-state index contributed by atoms with van der Waals surface area (Å²) in [6.07, 6.45) is 3.59. The van der Waals surface area contributed by atoms with Gasteiger partial charge in [0.15, 0.2) is 0 Å². The van der Waals surface area contributed by atoms with E-state index in [2.05, 4.69) is 19.6 Å². The van der Waals surface area contributed by atoms with Crippen molar-refractivity contribution >= 4 is 15.8 Å². The predicted molar refractivity (Wildman–Crippen MR) is 98.7 cm³/mol. The van der Waals surface area contributed by atoms with Crippen LogP contribution in [-0.2, 0) is 22.3 Å². The van der Waals surface area contributed by atoms with Crippen LogP contribution in [0.5, 0.6) is 0 Å². The quantitative estimate of drug-likeness (QED) is 0.856. The summed E-state index contributed by atoms with van der Waals surface area (Å²) >= 11 is 0. The molecule has 0 spiro atoms. The number of anilines is 1. The number of nitrogens with one attached hydrogen (secondary N) is 1. The number of aromatic nitrogens is 2. The van der Waals surface area contributed by atoms with Crippen LogP contribution < -0.4 is 9.62 Å². The minimum absolute atomic E-state index is 0.0430. The normalized spacial score (nSPS) is 15.3. The van der Waals surface area contributed by atoms with Crippen molar-refractivity contribution in [3.63, 3.8) is 0 Å². The first-order valence-corrected chi connectivity index (χ1v) is 10.3. The summed E-state index contributed by atoms with van der Waals surface area (Å²) in [6.45, 7) is 4.01. The fourth-order valence-electron chi connectivity index (χ4n) is 3.00. The van der Waals surface area contributed by atoms with Gasteiger partial charge in [-0.1, -0.05) is 30.3 Å². The molecule has 7 heteroatoms. The lowest BCUT2D eigenvalue weighted by molar-refractivity contribution is 0.569. The van der Waals surface area contributed by atoms with Crippen LogP contribution in [0, 0.1) is 6.92 Å². The van der Waals surface area contributed by atoms with Crippen LogP contribution in [0.1, 0.15) is 36.3 Å². The number of hydrogen-bond donors (Lipinski definition) is 1. The van der Waals surface area contributed by atoms with Gasteiger partial charge in [0.05, 0.1) is 12.3 Å². The van der Waals surface area contributed by atoms with Crippen LogP contribution in [0.2, 0.25) is 0 Å². The zero-order chi connectivity index (χ0) is 17.7. The largest absolute Gasteiger partial charge is 0.357 e. The minimum Gasteiger partial charge on any atom is -0.357 e. The van der Waals surface area contributed by atoms with Crippen molar-refractivity contribution in [3.05, 3.63) is 53.5 Å². The first-order chi connectivity index (χ1) is 12.0. The smallest absolute Gasteiger partial charge is 0.216 e. The molecule has 25 heavy (non-hydrogen) atoms. The van der Waals surface area contributed by atoms with E-state index in [9.17, 15) is 8.42 Å². The lowest BCUT2D eigenvalue weighted by atomic mass is 10.1. The van der Waals surface area contributed by atoms with Gasteiger partial charge in [0, 0.05) is 24.8 Å². The molecule has 1 aliphatic rings. The third kappa shape index (κ3) is 5.24. The maximum absolute atomic E-state index is 12.3. The van der Waals surface area contributed by atoms with Crippen LogP contribution in [0.25, 0.3) is 0 Å². The number of nitrogens with zero attached hydrogens (tertiary/aromatic N) is 3. The van der Waals surface area contributed by atoms with E-state index in [0.29, 0.717) is 5.82 Å². The lowest BCUT2D eigenvalue weighted by Crippen LogP contribution is -2.31. The van der Waals surface area contributed by atoms with E-state index in [1.54, 1.807) is 12.1 Å². The van der Waals surface area contributed by atoms with E-state index < -0.39 is 10.0 Å². The van der Waals surface area contributed by atoms with E-state index in [1.807, 2.05) is 31.2 Å². The number of sulfonamides is 1. The summed E-state index contributed by atoms with van der Waals surface area (Å²) in [7, 11) is -3.43. The summed E-state index contributed by atoms with van der Waals surface area (Å²) in [4.78, 5) is 11.2. The van der Waals surface area contributed by atoms with Crippen molar-refractivity contribution in [2.45, 2.75) is 38.5 Å². The molecule has 0 aliphatic carbocycles. The molecule has 1 aromatic heterocycles. The van der Waals surface area contributed by atoms with Gasteiger partial charge in [-0.3, -0.25) is 0 Å². The summed E-state index contributed by atoms with van der Waals surface area (Å²) in [6, 6.07) is 11.1. The van der Waals surface area contributed by atoms with Crippen molar-refractivity contribution < 1.29 is 8.42 Å². The molecule has 2 heterocycles. The number of benzene rings is 1. The standard InChI is InChI=1S/C18H24N4O2S/c1-15-12-18(22-10-6-3-7-11-22)21-17(20-15)13-19-25(23,24)14-16-8-4-2-5-9-16/h2,4-5,8-9,12,19H,3,6-7,10-11,13-14H2,1H3. The molecule has 1 aliphatic heterocycles. The second-order valence-corrected chi connectivity index (χ2v) is 8.20. The Morgan fingerprint density at radius 3 is 2.52 bits per heavy atom. The van der Waals surface area contributed by atoms with Gasteiger partial charge < -0.3 is 4.90 Å². The van der Waals surface area contributed by atoms with Crippen molar-refractivity contribution in [3.8, 4) is 0 Å². The summed E-state index contributed by atoms with van der Waals surface area (Å²) in [5.74, 6) is 1.36. The van der Waals surface area contributed by atoms with Gasteiger partial charge >= 0.3 is 0 Å². The van der Waals surface area contributed by atoms with E-state index in [0.717, 1.165) is 30.2 Å². The van der Waals surface area contributed by atoms with Crippen LogP contribution in [0.4, 0.5) is 5.82 Å². The SMILES string of the molecule is Cc1cc(N2CCCCC2)nc(CNS(=O)(=O)Cc2ccccc2)n1. The average molecular weight is 360 g/mol. The Morgan fingerprint density at radius 2 is 1.80 bits per heavy atom. The highest BCUT2D eigenvalue weighted by molar-refractivity contribution is 7.88. The van der Waals surface area contributed by atoms with Gasteiger partial charge in [-0.15, -0.1) is 0 Å². The van der Waals surface area contributed by atoms with Crippen LogP contribution in [0.15, 0.2) is 36.4 Å². The molecule has 0 atom stereocenters. The number of rotatable bonds is 6. The molecule has 6 nitrogen and oxygen atoms in total. The van der Waals surface area contributed by atoms with Crippen molar-refractivity contribution in [1.29, 1.82) is 0 Å². The first kappa shape index (κ1) is 17.8. The molecule has 1 saturated heterocycles. The van der Waals surface area contributed by atoms with E-state index in [4.69, 9.17) is 0 Å². The third-order valence-corrected chi connectivity index (χ3v) is 5.51. The lowest BCUT2D eigenvalue weighted by Gasteiger charge is -2.28. The molecule has 2 aromatic rings. The van der Waals surface area contributed by atoms with Crippen LogP contribution >= 0.6 is 0 Å². The topological polar surface area (TPSA) is 75.2 Å². The van der Waals surface area contributed by atoms with Crippen LogP contribution in [0.3, 0.4) is 0 Å². The maximum atomic E-state index is 12.3. The summed E-state index contributed by atoms with van der Waals surface area (Å²) in [5, 5.41) is 0. The molecule has 3 rings (SSSR count). The van der Waals surface area contributed by atoms with E-state index >= 15 is 0 Å². The molecule has 0 unspecified atom stereocenters. The van der Waals surface area contributed by atoms with E-state index in [-0.39, 0.29) is 12.3 Å². The average Bonchev–Trinajstić information content (AvgIpc) is 2.61. The van der Waals surface area contributed by atoms with Gasteiger partial charge in [0.1, 0.15) is 11.6 Å². The number of hydrogen-bond acceptors (Lipinski definition) is 5. The maximum Gasteiger partial charge on any atom is 0.216 e. The molecule has 134 valence electrons. The third-order valence-electron chi connectivity index (χ3n) is 4.22. The van der Waals surface area contributed by atoms with Gasteiger partial charge in [-0.05, 0) is 31.7 Å². The zero-order valence-corrected chi connectivity index (χ0v) is 15.3. The van der Waals surface area contributed by atoms with Gasteiger partial charge in [-0.25, -0.2) is 23.1 Å². The van der Waals surface area contributed by atoms with Gasteiger partial charge in [0.25, 0.3) is 0 Å². The Balaban J connectivity index is 1.67. The molecule has 0 radical (unpaired) electrons.